The van der Waals surface area contributed by atoms with Gasteiger partial charge in [-0.25, -0.2) is 0 Å². The quantitative estimate of drug-likeness (QED) is 0.811. The first-order valence-corrected chi connectivity index (χ1v) is 8.19. The van der Waals surface area contributed by atoms with Crippen LogP contribution in [0.15, 0.2) is 24.3 Å². The van der Waals surface area contributed by atoms with E-state index in [-0.39, 0.29) is 11.3 Å². The van der Waals surface area contributed by atoms with E-state index in [1.807, 2.05) is 17.9 Å². The number of aryl methyl sites for hydroxylation is 1. The number of para-hydroxylation sites is 1. The number of amides is 1. The Hall–Kier alpha value is -1.75. The highest BCUT2D eigenvalue weighted by Crippen LogP contribution is 2.50. The first-order valence-electron chi connectivity index (χ1n) is 7.42. The van der Waals surface area contributed by atoms with Crippen LogP contribution in [0.4, 0.5) is 5.69 Å². The highest BCUT2D eigenvalue weighted by Gasteiger charge is 2.46. The molecule has 2 aliphatic rings. The second kappa shape index (κ2) is 4.63. The molecular formula is C16H17N3OS. The van der Waals surface area contributed by atoms with E-state index in [1.165, 1.54) is 42.8 Å². The van der Waals surface area contributed by atoms with Crippen LogP contribution < -0.4 is 4.90 Å². The molecule has 1 fully saturated rings. The fourth-order valence-corrected chi connectivity index (χ4v) is 4.45. The van der Waals surface area contributed by atoms with Gasteiger partial charge in [-0.05, 0) is 42.9 Å². The molecule has 4 rings (SSSR count). The van der Waals surface area contributed by atoms with Crippen molar-refractivity contribution in [3.63, 3.8) is 0 Å². The lowest BCUT2D eigenvalue weighted by Crippen LogP contribution is -2.35. The molecule has 1 spiro atoms. The van der Waals surface area contributed by atoms with E-state index in [0.29, 0.717) is 4.88 Å². The summed E-state index contributed by atoms with van der Waals surface area (Å²) >= 11 is 1.20. The first kappa shape index (κ1) is 13.0. The number of aromatic nitrogens is 2. The number of carbonyl (C=O) groups is 1. The van der Waals surface area contributed by atoms with Gasteiger partial charge in [-0.1, -0.05) is 35.5 Å². The van der Waals surface area contributed by atoms with E-state index in [1.54, 1.807) is 0 Å². The van der Waals surface area contributed by atoms with Crippen molar-refractivity contribution < 1.29 is 4.79 Å². The predicted octanol–water partition coefficient (Wildman–Crippen LogP) is 3.32. The smallest absolute Gasteiger partial charge is 0.271 e. The van der Waals surface area contributed by atoms with E-state index in [0.717, 1.165) is 17.9 Å². The summed E-state index contributed by atoms with van der Waals surface area (Å²) in [6, 6.07) is 8.38. The van der Waals surface area contributed by atoms with E-state index >= 15 is 0 Å². The van der Waals surface area contributed by atoms with Crippen LogP contribution in [0.5, 0.6) is 0 Å². The molecule has 0 bridgehead atoms. The topological polar surface area (TPSA) is 46.1 Å². The van der Waals surface area contributed by atoms with Gasteiger partial charge in [0.05, 0.1) is 5.69 Å². The number of benzene rings is 1. The SMILES string of the molecule is Cc1nnsc1C(=O)N1CC2(CCCC2)c2ccccc21. The Morgan fingerprint density at radius 2 is 2.05 bits per heavy atom. The van der Waals surface area contributed by atoms with E-state index in [4.69, 9.17) is 0 Å². The summed E-state index contributed by atoms with van der Waals surface area (Å²) in [6.07, 6.45) is 4.90. The minimum absolute atomic E-state index is 0.0544. The normalized spacial score (nSPS) is 19.2. The lowest BCUT2D eigenvalue weighted by molar-refractivity contribution is 0.0988. The molecule has 1 aliphatic heterocycles. The van der Waals surface area contributed by atoms with Gasteiger partial charge in [0.2, 0.25) is 0 Å². The molecule has 108 valence electrons. The molecule has 1 amide bonds. The summed E-state index contributed by atoms with van der Waals surface area (Å²) in [5, 5.41) is 3.98. The molecule has 1 aromatic carbocycles. The molecule has 0 saturated heterocycles. The van der Waals surface area contributed by atoms with Crippen LogP contribution in [-0.2, 0) is 5.41 Å². The average molecular weight is 299 g/mol. The Morgan fingerprint density at radius 1 is 1.29 bits per heavy atom. The molecule has 1 saturated carbocycles. The van der Waals surface area contributed by atoms with Crippen molar-refractivity contribution in [2.75, 3.05) is 11.4 Å². The zero-order valence-corrected chi connectivity index (χ0v) is 12.8. The van der Waals surface area contributed by atoms with Crippen LogP contribution in [0.3, 0.4) is 0 Å². The summed E-state index contributed by atoms with van der Waals surface area (Å²) in [5.41, 5.74) is 3.34. The molecule has 2 heterocycles. The second-order valence-corrected chi connectivity index (χ2v) is 6.84. The van der Waals surface area contributed by atoms with Crippen molar-refractivity contribution in [1.29, 1.82) is 0 Å². The van der Waals surface area contributed by atoms with Crippen molar-refractivity contribution in [1.82, 2.24) is 9.59 Å². The molecule has 5 heteroatoms. The van der Waals surface area contributed by atoms with Gasteiger partial charge in [0.25, 0.3) is 5.91 Å². The van der Waals surface area contributed by atoms with Crippen molar-refractivity contribution in [2.45, 2.75) is 38.0 Å². The van der Waals surface area contributed by atoms with Gasteiger partial charge in [-0.15, -0.1) is 5.10 Å². The Labute approximate surface area is 128 Å². The zero-order valence-electron chi connectivity index (χ0n) is 12.0. The Morgan fingerprint density at radius 3 is 2.76 bits per heavy atom. The van der Waals surface area contributed by atoms with E-state index in [9.17, 15) is 4.79 Å². The maximum absolute atomic E-state index is 12.9. The number of carbonyl (C=O) groups excluding carboxylic acids is 1. The van der Waals surface area contributed by atoms with Gasteiger partial charge in [0.1, 0.15) is 4.88 Å². The Bertz CT molecular complexity index is 703. The van der Waals surface area contributed by atoms with Crippen molar-refractivity contribution in [3.05, 3.63) is 40.4 Å². The lowest BCUT2D eigenvalue weighted by Gasteiger charge is -2.24. The van der Waals surface area contributed by atoms with Gasteiger partial charge < -0.3 is 4.90 Å². The molecule has 0 unspecified atom stereocenters. The Kier molecular flexibility index (Phi) is 2.85. The third kappa shape index (κ3) is 1.83. The molecule has 1 aliphatic carbocycles. The highest BCUT2D eigenvalue weighted by atomic mass is 32.1. The minimum Gasteiger partial charge on any atom is -0.306 e. The molecule has 21 heavy (non-hydrogen) atoms. The van der Waals surface area contributed by atoms with Crippen LogP contribution >= 0.6 is 11.5 Å². The lowest BCUT2D eigenvalue weighted by atomic mass is 9.81. The number of fused-ring (bicyclic) bond motifs is 2. The number of hydrogen-bond donors (Lipinski definition) is 0. The van der Waals surface area contributed by atoms with Crippen molar-refractivity contribution in [2.24, 2.45) is 0 Å². The first-order chi connectivity index (χ1) is 10.2. The monoisotopic (exact) mass is 299 g/mol. The number of hydrogen-bond acceptors (Lipinski definition) is 4. The fraction of sp³-hybridized carbons (Fsp3) is 0.438. The number of nitrogens with zero attached hydrogens (tertiary/aromatic N) is 3. The standard InChI is InChI=1S/C16H17N3OS/c1-11-14(21-18-17-11)15(20)19-10-16(8-4-5-9-16)12-6-2-3-7-13(12)19/h2-3,6-7H,4-5,8-10H2,1H3. The molecule has 0 radical (unpaired) electrons. The second-order valence-electron chi connectivity index (χ2n) is 6.08. The summed E-state index contributed by atoms with van der Waals surface area (Å²) in [6.45, 7) is 2.66. The maximum Gasteiger partial charge on any atom is 0.271 e. The predicted molar refractivity (Wildman–Crippen MR) is 82.9 cm³/mol. The van der Waals surface area contributed by atoms with Crippen LogP contribution in [0.2, 0.25) is 0 Å². The van der Waals surface area contributed by atoms with E-state index < -0.39 is 0 Å². The summed E-state index contributed by atoms with van der Waals surface area (Å²) in [7, 11) is 0. The molecule has 0 atom stereocenters. The minimum atomic E-state index is 0.0544. The molecular weight excluding hydrogens is 282 g/mol. The van der Waals surface area contributed by atoms with E-state index in [2.05, 4.69) is 27.8 Å². The van der Waals surface area contributed by atoms with Crippen LogP contribution in [-0.4, -0.2) is 22.0 Å². The Balaban J connectivity index is 1.78. The van der Waals surface area contributed by atoms with Crippen molar-refractivity contribution >= 4 is 23.1 Å². The van der Waals surface area contributed by atoms with Gasteiger partial charge in [0.15, 0.2) is 0 Å². The fourth-order valence-electron chi connectivity index (χ4n) is 3.84. The molecule has 2 aromatic rings. The highest BCUT2D eigenvalue weighted by molar-refractivity contribution is 7.08. The van der Waals surface area contributed by atoms with Crippen LogP contribution in [0, 0.1) is 6.92 Å². The van der Waals surface area contributed by atoms with Gasteiger partial charge in [-0.2, -0.15) is 0 Å². The average Bonchev–Trinajstić information content (AvgIpc) is 3.20. The summed E-state index contributed by atoms with van der Waals surface area (Å²) < 4.78 is 3.90. The largest absolute Gasteiger partial charge is 0.306 e. The zero-order chi connectivity index (χ0) is 14.4. The summed E-state index contributed by atoms with van der Waals surface area (Å²) in [5.74, 6) is 0.0544. The van der Waals surface area contributed by atoms with Gasteiger partial charge in [-0.3, -0.25) is 4.79 Å². The maximum atomic E-state index is 12.9. The molecule has 4 nitrogen and oxygen atoms in total. The third-order valence-corrected chi connectivity index (χ3v) is 5.69. The van der Waals surface area contributed by atoms with Crippen molar-refractivity contribution in [3.8, 4) is 0 Å². The molecule has 0 N–H and O–H groups in total. The summed E-state index contributed by atoms with van der Waals surface area (Å²) in [4.78, 5) is 15.5. The molecule has 1 aromatic heterocycles. The van der Waals surface area contributed by atoms with Crippen LogP contribution in [0.25, 0.3) is 0 Å². The van der Waals surface area contributed by atoms with Gasteiger partial charge >= 0.3 is 0 Å². The van der Waals surface area contributed by atoms with Gasteiger partial charge in [0, 0.05) is 17.6 Å². The van der Waals surface area contributed by atoms with Crippen LogP contribution in [0.1, 0.15) is 46.6 Å². The third-order valence-electron chi connectivity index (χ3n) is 4.88. The number of rotatable bonds is 1. The number of anilines is 1.